The molecule has 0 unspecified atom stereocenters. The number of methoxy groups -OCH3 is 3. The first-order valence-electron chi connectivity index (χ1n) is 9.33. The highest BCUT2D eigenvalue weighted by Crippen LogP contribution is 2.37. The molecule has 0 saturated carbocycles. The molecule has 0 amide bonds. The predicted molar refractivity (Wildman–Crippen MR) is 101 cm³/mol. The number of ether oxygens (including phenoxy) is 3. The lowest BCUT2D eigenvalue weighted by Gasteiger charge is -2.30. The zero-order chi connectivity index (χ0) is 19.2. The fourth-order valence-corrected chi connectivity index (χ4v) is 3.73. The summed E-state index contributed by atoms with van der Waals surface area (Å²) in [6.45, 7) is 6.31. The van der Waals surface area contributed by atoms with E-state index in [1.807, 2.05) is 24.3 Å². The molecule has 0 spiro atoms. The summed E-state index contributed by atoms with van der Waals surface area (Å²) >= 11 is 0. The van der Waals surface area contributed by atoms with Crippen LogP contribution in [0.4, 0.5) is 4.39 Å². The second kappa shape index (κ2) is 9.06. The molecule has 1 fully saturated rings. The minimum absolute atomic E-state index is 0.173. The quantitative estimate of drug-likeness (QED) is 0.732. The molecule has 2 N–H and O–H groups in total. The van der Waals surface area contributed by atoms with Crippen LogP contribution in [0.1, 0.15) is 11.1 Å². The number of rotatable bonds is 7. The number of quaternary nitrogens is 2. The smallest absolute Gasteiger partial charge is 0.203 e. The van der Waals surface area contributed by atoms with Crippen LogP contribution >= 0.6 is 0 Å². The maximum absolute atomic E-state index is 13.0. The lowest BCUT2D eigenvalue weighted by Crippen LogP contribution is -3.27. The number of nitrogens with one attached hydrogen (secondary N) is 2. The summed E-state index contributed by atoms with van der Waals surface area (Å²) in [5, 5.41) is 0. The van der Waals surface area contributed by atoms with Gasteiger partial charge in [0.1, 0.15) is 45.1 Å². The van der Waals surface area contributed by atoms with Crippen molar-refractivity contribution in [1.29, 1.82) is 0 Å². The zero-order valence-electron chi connectivity index (χ0n) is 16.3. The van der Waals surface area contributed by atoms with Crippen LogP contribution in [0.25, 0.3) is 0 Å². The molecule has 0 atom stereocenters. The van der Waals surface area contributed by atoms with Crippen molar-refractivity contribution in [3.05, 3.63) is 53.3 Å². The van der Waals surface area contributed by atoms with Crippen LogP contribution in [0.2, 0.25) is 0 Å². The van der Waals surface area contributed by atoms with Gasteiger partial charge >= 0.3 is 0 Å². The maximum atomic E-state index is 13.0. The average molecular weight is 376 g/mol. The molecule has 0 bridgehead atoms. The van der Waals surface area contributed by atoms with Crippen molar-refractivity contribution in [1.82, 2.24) is 0 Å². The van der Waals surface area contributed by atoms with Gasteiger partial charge in [-0.2, -0.15) is 0 Å². The maximum Gasteiger partial charge on any atom is 0.203 e. The minimum Gasteiger partial charge on any atom is -0.493 e. The number of hydrogen-bond acceptors (Lipinski definition) is 3. The highest BCUT2D eigenvalue weighted by molar-refractivity contribution is 5.53. The molecular formula is C21H29FN2O3+2. The number of benzene rings is 2. The Labute approximate surface area is 160 Å². The van der Waals surface area contributed by atoms with Crippen LogP contribution in [0.5, 0.6) is 17.2 Å². The standard InChI is InChI=1S/C21H27FN2O3/c1-25-19-12-17(13-20(26-2)21(19)27-3)15-24-10-8-23(9-11-24)14-16-4-6-18(22)7-5-16/h4-7,12-13H,8-11,14-15H2,1-3H3/p+2. The van der Waals surface area contributed by atoms with E-state index in [2.05, 4.69) is 0 Å². The monoisotopic (exact) mass is 376 g/mol. The van der Waals surface area contributed by atoms with Gasteiger partial charge in [-0.3, -0.25) is 0 Å². The van der Waals surface area contributed by atoms with Gasteiger partial charge in [0.2, 0.25) is 5.75 Å². The summed E-state index contributed by atoms with van der Waals surface area (Å²) < 4.78 is 29.4. The van der Waals surface area contributed by atoms with Crippen molar-refractivity contribution in [2.75, 3.05) is 47.5 Å². The van der Waals surface area contributed by atoms with Crippen molar-refractivity contribution < 1.29 is 28.4 Å². The Kier molecular flexibility index (Phi) is 6.53. The third-order valence-corrected chi connectivity index (χ3v) is 5.21. The minimum atomic E-state index is -0.173. The fourth-order valence-electron chi connectivity index (χ4n) is 3.73. The van der Waals surface area contributed by atoms with Gasteiger partial charge in [-0.25, -0.2) is 4.39 Å². The molecule has 1 heterocycles. The van der Waals surface area contributed by atoms with Gasteiger partial charge in [-0.05, 0) is 24.3 Å². The van der Waals surface area contributed by atoms with Gasteiger partial charge in [0.15, 0.2) is 11.5 Å². The van der Waals surface area contributed by atoms with Gasteiger partial charge in [-0.1, -0.05) is 12.1 Å². The van der Waals surface area contributed by atoms with Crippen molar-refractivity contribution in [2.45, 2.75) is 13.1 Å². The molecule has 1 aliphatic heterocycles. The van der Waals surface area contributed by atoms with Crippen molar-refractivity contribution >= 4 is 0 Å². The Bertz CT molecular complexity index is 719. The third-order valence-electron chi connectivity index (χ3n) is 5.21. The van der Waals surface area contributed by atoms with E-state index < -0.39 is 0 Å². The molecular weight excluding hydrogens is 347 g/mol. The van der Waals surface area contributed by atoms with Crippen LogP contribution < -0.4 is 24.0 Å². The first kappa shape index (κ1) is 19.5. The SMILES string of the molecule is COc1cc(C[NH+]2CC[NH+](Cc3ccc(F)cc3)CC2)cc(OC)c1OC. The van der Waals surface area contributed by atoms with E-state index in [4.69, 9.17) is 14.2 Å². The second-order valence-corrected chi connectivity index (χ2v) is 7.01. The highest BCUT2D eigenvalue weighted by atomic mass is 19.1. The molecule has 146 valence electrons. The Morgan fingerprint density at radius 2 is 1.22 bits per heavy atom. The van der Waals surface area contributed by atoms with Crippen LogP contribution in [0.3, 0.4) is 0 Å². The summed E-state index contributed by atoms with van der Waals surface area (Å²) in [7, 11) is 4.91. The number of piperazine rings is 1. The molecule has 27 heavy (non-hydrogen) atoms. The number of halogens is 1. The average Bonchev–Trinajstić information content (AvgIpc) is 2.70. The number of hydrogen-bond donors (Lipinski definition) is 2. The fraction of sp³-hybridized carbons (Fsp3) is 0.429. The summed E-state index contributed by atoms with van der Waals surface area (Å²) in [6, 6.07) is 10.9. The molecule has 2 aromatic rings. The Morgan fingerprint density at radius 1 is 0.741 bits per heavy atom. The molecule has 1 saturated heterocycles. The molecule has 0 aromatic heterocycles. The predicted octanol–water partition coefficient (Wildman–Crippen LogP) is 0.335. The molecule has 5 nitrogen and oxygen atoms in total. The van der Waals surface area contributed by atoms with E-state index in [-0.39, 0.29) is 5.82 Å². The Balaban J connectivity index is 1.58. The van der Waals surface area contributed by atoms with Crippen LogP contribution in [0, 0.1) is 5.82 Å². The Hall–Kier alpha value is -2.31. The van der Waals surface area contributed by atoms with E-state index in [1.165, 1.54) is 11.1 Å². The largest absolute Gasteiger partial charge is 0.493 e. The van der Waals surface area contributed by atoms with Gasteiger partial charge in [-0.15, -0.1) is 0 Å². The van der Waals surface area contributed by atoms with Crippen molar-refractivity contribution in [2.24, 2.45) is 0 Å². The highest BCUT2D eigenvalue weighted by Gasteiger charge is 2.24. The normalized spacial score (nSPS) is 19.6. The van der Waals surface area contributed by atoms with Crippen LogP contribution in [-0.4, -0.2) is 47.5 Å². The second-order valence-electron chi connectivity index (χ2n) is 7.01. The van der Waals surface area contributed by atoms with E-state index in [0.717, 1.165) is 39.3 Å². The van der Waals surface area contributed by atoms with Gasteiger partial charge in [0, 0.05) is 11.1 Å². The summed E-state index contributed by atoms with van der Waals surface area (Å²) in [5.41, 5.74) is 2.38. The molecule has 0 radical (unpaired) electrons. The lowest BCUT2D eigenvalue weighted by molar-refractivity contribution is -1.02. The lowest BCUT2D eigenvalue weighted by atomic mass is 10.1. The van der Waals surface area contributed by atoms with Crippen molar-refractivity contribution in [3.8, 4) is 17.2 Å². The molecule has 0 aliphatic carbocycles. The van der Waals surface area contributed by atoms with E-state index in [1.54, 1.807) is 43.3 Å². The molecule has 6 heteroatoms. The molecule has 1 aliphatic rings. The molecule has 2 aromatic carbocycles. The summed E-state index contributed by atoms with van der Waals surface area (Å²) in [5.74, 6) is 1.86. The van der Waals surface area contributed by atoms with Crippen molar-refractivity contribution in [3.63, 3.8) is 0 Å². The summed E-state index contributed by atoms with van der Waals surface area (Å²) in [6.07, 6.45) is 0. The van der Waals surface area contributed by atoms with Crippen LogP contribution in [-0.2, 0) is 13.1 Å². The van der Waals surface area contributed by atoms with E-state index in [0.29, 0.717) is 17.2 Å². The Morgan fingerprint density at radius 3 is 1.67 bits per heavy atom. The third kappa shape index (κ3) is 4.90. The van der Waals surface area contributed by atoms with E-state index in [9.17, 15) is 4.39 Å². The molecule has 3 rings (SSSR count). The van der Waals surface area contributed by atoms with Crippen LogP contribution in [0.15, 0.2) is 36.4 Å². The van der Waals surface area contributed by atoms with Gasteiger partial charge < -0.3 is 24.0 Å². The first-order chi connectivity index (χ1) is 13.1. The zero-order valence-corrected chi connectivity index (χ0v) is 16.3. The first-order valence-corrected chi connectivity index (χ1v) is 9.33. The van der Waals surface area contributed by atoms with Gasteiger partial charge in [0.05, 0.1) is 21.3 Å². The van der Waals surface area contributed by atoms with E-state index >= 15 is 0 Å². The van der Waals surface area contributed by atoms with Gasteiger partial charge in [0.25, 0.3) is 0 Å². The summed E-state index contributed by atoms with van der Waals surface area (Å²) in [4.78, 5) is 3.10. The topological polar surface area (TPSA) is 36.6 Å².